The lowest BCUT2D eigenvalue weighted by Gasteiger charge is -2.19. The number of nitrogens with two attached hydrogens (primary N) is 1. The molecule has 0 atom stereocenters. The van der Waals surface area contributed by atoms with E-state index in [-0.39, 0.29) is 10.5 Å². The van der Waals surface area contributed by atoms with Crippen molar-refractivity contribution in [1.29, 1.82) is 5.26 Å². The molecule has 19 heavy (non-hydrogen) atoms. The fraction of sp³-hybridized carbons (Fsp3) is 0.462. The van der Waals surface area contributed by atoms with Gasteiger partial charge in [0, 0.05) is 19.3 Å². The van der Waals surface area contributed by atoms with E-state index < -0.39 is 10.0 Å². The number of hydrogen-bond acceptors (Lipinski definition) is 4. The number of hydrogen-bond donors (Lipinski definition) is 1. The van der Waals surface area contributed by atoms with Crippen LogP contribution in [0.1, 0.15) is 25.8 Å². The SMILES string of the molecule is CC(C)CCN(C)S(=O)(=O)c1ccc(N)cc1C#N. The normalized spacial score (nSPS) is 11.8. The van der Waals surface area contributed by atoms with Gasteiger partial charge < -0.3 is 5.73 Å². The van der Waals surface area contributed by atoms with Gasteiger partial charge in [-0.3, -0.25) is 0 Å². The van der Waals surface area contributed by atoms with Crippen LogP contribution in [0.25, 0.3) is 0 Å². The number of nitriles is 1. The average molecular weight is 281 g/mol. The number of nitrogens with zero attached hydrogens (tertiary/aromatic N) is 2. The van der Waals surface area contributed by atoms with Crippen molar-refractivity contribution in [3.05, 3.63) is 23.8 Å². The van der Waals surface area contributed by atoms with Gasteiger partial charge in [0.15, 0.2) is 0 Å². The van der Waals surface area contributed by atoms with E-state index in [9.17, 15) is 8.42 Å². The number of nitrogen functional groups attached to an aromatic ring is 1. The first-order valence-electron chi connectivity index (χ1n) is 6.05. The van der Waals surface area contributed by atoms with Crippen molar-refractivity contribution < 1.29 is 8.42 Å². The topological polar surface area (TPSA) is 87.2 Å². The molecule has 0 aliphatic carbocycles. The Labute approximate surface area is 114 Å². The first-order valence-corrected chi connectivity index (χ1v) is 7.49. The van der Waals surface area contributed by atoms with Crippen molar-refractivity contribution in [2.45, 2.75) is 25.2 Å². The summed E-state index contributed by atoms with van der Waals surface area (Å²) in [5, 5.41) is 9.02. The lowest BCUT2D eigenvalue weighted by Crippen LogP contribution is -2.29. The number of benzene rings is 1. The molecular weight excluding hydrogens is 262 g/mol. The number of sulfonamides is 1. The standard InChI is InChI=1S/C13H19N3O2S/c1-10(2)6-7-16(3)19(17,18)13-5-4-12(15)8-11(13)9-14/h4-5,8,10H,6-7,15H2,1-3H3. The van der Waals surface area contributed by atoms with Crippen molar-refractivity contribution >= 4 is 15.7 Å². The first kappa shape index (κ1) is 15.5. The van der Waals surface area contributed by atoms with Crippen molar-refractivity contribution in [2.24, 2.45) is 5.92 Å². The Bertz CT molecular complexity index is 588. The van der Waals surface area contributed by atoms with Gasteiger partial charge in [0.25, 0.3) is 0 Å². The van der Waals surface area contributed by atoms with Crippen molar-refractivity contribution in [2.75, 3.05) is 19.3 Å². The van der Waals surface area contributed by atoms with Crippen LogP contribution < -0.4 is 5.73 Å². The molecule has 0 radical (unpaired) electrons. The lowest BCUT2D eigenvalue weighted by atomic mass is 10.1. The average Bonchev–Trinajstić information content (AvgIpc) is 2.35. The molecule has 0 amide bonds. The van der Waals surface area contributed by atoms with Crippen LogP contribution in [0.2, 0.25) is 0 Å². The number of anilines is 1. The Morgan fingerprint density at radius 1 is 1.42 bits per heavy atom. The van der Waals surface area contributed by atoms with Crippen LogP contribution in [0, 0.1) is 17.2 Å². The van der Waals surface area contributed by atoms with Crippen molar-refractivity contribution in [3.63, 3.8) is 0 Å². The predicted molar refractivity (Wildman–Crippen MR) is 74.8 cm³/mol. The van der Waals surface area contributed by atoms with E-state index in [0.717, 1.165) is 6.42 Å². The minimum atomic E-state index is -3.64. The zero-order chi connectivity index (χ0) is 14.6. The monoisotopic (exact) mass is 281 g/mol. The highest BCUT2D eigenvalue weighted by Crippen LogP contribution is 2.21. The summed E-state index contributed by atoms with van der Waals surface area (Å²) in [6.07, 6.45) is 0.770. The third-order valence-electron chi connectivity index (χ3n) is 2.83. The van der Waals surface area contributed by atoms with Gasteiger partial charge in [-0.2, -0.15) is 5.26 Å². The van der Waals surface area contributed by atoms with E-state index >= 15 is 0 Å². The Morgan fingerprint density at radius 2 is 2.05 bits per heavy atom. The quantitative estimate of drug-likeness (QED) is 0.834. The van der Waals surface area contributed by atoms with Crippen LogP contribution in [-0.2, 0) is 10.0 Å². The summed E-state index contributed by atoms with van der Waals surface area (Å²) < 4.78 is 26.0. The zero-order valence-electron chi connectivity index (χ0n) is 11.4. The predicted octanol–water partition coefficient (Wildman–Crippen LogP) is 1.81. The summed E-state index contributed by atoms with van der Waals surface area (Å²) in [7, 11) is -2.12. The fourth-order valence-corrected chi connectivity index (χ4v) is 2.89. The second-order valence-electron chi connectivity index (χ2n) is 4.88. The second-order valence-corrected chi connectivity index (χ2v) is 6.89. The Balaban J connectivity index is 3.10. The number of rotatable bonds is 5. The van der Waals surface area contributed by atoms with Gasteiger partial charge in [-0.05, 0) is 30.5 Å². The Kier molecular flexibility index (Phi) is 4.92. The molecule has 0 unspecified atom stereocenters. The van der Waals surface area contributed by atoms with Crippen LogP contribution >= 0.6 is 0 Å². The van der Waals surface area contributed by atoms with Gasteiger partial charge in [0.1, 0.15) is 11.0 Å². The molecule has 1 rings (SSSR count). The van der Waals surface area contributed by atoms with E-state index in [1.165, 1.54) is 29.6 Å². The molecule has 104 valence electrons. The molecule has 0 bridgehead atoms. The molecule has 1 aromatic carbocycles. The Morgan fingerprint density at radius 3 is 2.58 bits per heavy atom. The van der Waals surface area contributed by atoms with Crippen LogP contribution in [-0.4, -0.2) is 26.3 Å². The first-order chi connectivity index (χ1) is 8.78. The maximum Gasteiger partial charge on any atom is 0.244 e. The summed E-state index contributed by atoms with van der Waals surface area (Å²) in [4.78, 5) is 0.00968. The summed E-state index contributed by atoms with van der Waals surface area (Å²) in [5.74, 6) is 0.416. The van der Waals surface area contributed by atoms with Crippen molar-refractivity contribution in [1.82, 2.24) is 4.31 Å². The van der Waals surface area contributed by atoms with Crippen LogP contribution in [0.4, 0.5) is 5.69 Å². The third kappa shape index (κ3) is 3.69. The van der Waals surface area contributed by atoms with Gasteiger partial charge in [-0.15, -0.1) is 0 Å². The van der Waals surface area contributed by atoms with Crippen LogP contribution in [0.15, 0.2) is 23.1 Å². The van der Waals surface area contributed by atoms with Crippen LogP contribution in [0.3, 0.4) is 0 Å². The molecule has 0 aromatic heterocycles. The largest absolute Gasteiger partial charge is 0.399 e. The van der Waals surface area contributed by atoms with E-state index in [4.69, 9.17) is 11.0 Å². The van der Waals surface area contributed by atoms with Gasteiger partial charge in [0.05, 0.1) is 5.56 Å². The minimum Gasteiger partial charge on any atom is -0.399 e. The molecule has 0 aliphatic rings. The van der Waals surface area contributed by atoms with Crippen molar-refractivity contribution in [3.8, 4) is 6.07 Å². The molecule has 1 aromatic rings. The summed E-state index contributed by atoms with van der Waals surface area (Å²) in [6, 6.07) is 6.13. The molecule has 0 spiro atoms. The van der Waals surface area contributed by atoms with E-state index in [0.29, 0.717) is 18.2 Å². The van der Waals surface area contributed by atoms with Gasteiger partial charge in [-0.1, -0.05) is 13.8 Å². The summed E-state index contributed by atoms with van der Waals surface area (Å²) >= 11 is 0. The Hall–Kier alpha value is -1.58. The molecule has 0 aliphatic heterocycles. The maximum atomic E-state index is 12.4. The maximum absolute atomic E-state index is 12.4. The molecule has 6 heteroatoms. The molecule has 5 nitrogen and oxygen atoms in total. The smallest absolute Gasteiger partial charge is 0.244 e. The molecule has 0 saturated carbocycles. The summed E-state index contributed by atoms with van der Waals surface area (Å²) in [5.41, 5.74) is 6.02. The van der Waals surface area contributed by atoms with E-state index in [2.05, 4.69) is 0 Å². The lowest BCUT2D eigenvalue weighted by molar-refractivity contribution is 0.428. The van der Waals surface area contributed by atoms with Gasteiger partial charge in [-0.25, -0.2) is 12.7 Å². The highest BCUT2D eigenvalue weighted by Gasteiger charge is 2.24. The second kappa shape index (κ2) is 6.04. The van der Waals surface area contributed by atoms with Crippen LogP contribution in [0.5, 0.6) is 0 Å². The molecule has 2 N–H and O–H groups in total. The molecule has 0 saturated heterocycles. The van der Waals surface area contributed by atoms with Gasteiger partial charge in [0.2, 0.25) is 10.0 Å². The summed E-state index contributed by atoms with van der Waals surface area (Å²) in [6.45, 7) is 4.49. The highest BCUT2D eigenvalue weighted by molar-refractivity contribution is 7.89. The molecule has 0 fully saturated rings. The van der Waals surface area contributed by atoms with E-state index in [1.54, 1.807) is 0 Å². The van der Waals surface area contributed by atoms with Gasteiger partial charge >= 0.3 is 0 Å². The molecule has 0 heterocycles. The molecular formula is C13H19N3O2S. The minimum absolute atomic E-state index is 0.00968. The van der Waals surface area contributed by atoms with E-state index in [1.807, 2.05) is 19.9 Å². The zero-order valence-corrected chi connectivity index (χ0v) is 12.2. The third-order valence-corrected chi connectivity index (χ3v) is 4.75. The highest BCUT2D eigenvalue weighted by atomic mass is 32.2. The fourth-order valence-electron chi connectivity index (χ4n) is 1.59.